The monoisotopic (exact) mass is 383 g/mol. The first-order chi connectivity index (χ1) is 12.4. The molecule has 3 amide bonds. The number of carboxylic acid groups (broad SMARTS) is 1. The summed E-state index contributed by atoms with van der Waals surface area (Å²) in [6, 6.07) is 0.351. The molecule has 3 atom stereocenters. The quantitative estimate of drug-likeness (QED) is 0.461. The maximum absolute atomic E-state index is 12.6. The van der Waals surface area contributed by atoms with E-state index in [9.17, 15) is 19.5 Å². The Hall–Kier alpha value is -1.44. The van der Waals surface area contributed by atoms with Gasteiger partial charge in [-0.25, -0.2) is 9.59 Å². The molecule has 26 heavy (non-hydrogen) atoms. The molecule has 0 unspecified atom stereocenters. The van der Waals surface area contributed by atoms with Crippen molar-refractivity contribution in [2.45, 2.75) is 80.7 Å². The second-order valence-electron chi connectivity index (χ2n) is 7.72. The lowest BCUT2D eigenvalue weighted by atomic mass is 9.80. The van der Waals surface area contributed by atoms with Crippen LogP contribution in [0.15, 0.2) is 0 Å². The van der Waals surface area contributed by atoms with Crippen molar-refractivity contribution >= 4 is 29.7 Å². The molecule has 2 saturated heterocycles. The molecule has 146 valence electrons. The molecule has 1 saturated carbocycles. The topological polar surface area (TPSA) is 98.7 Å². The summed E-state index contributed by atoms with van der Waals surface area (Å²) in [5, 5.41) is 16.0. The van der Waals surface area contributed by atoms with Gasteiger partial charge in [0, 0.05) is 24.5 Å². The SMILES string of the molecule is CN(C(=O)CCCC[C@@H]1SC[C@@H]2NC(=O)N[C@@H]21)C1(C(=O)O)CCCCC1. The summed E-state index contributed by atoms with van der Waals surface area (Å²) in [7, 11) is 1.65. The number of likely N-dealkylation sites (N-methyl/N-ethyl adjacent to an activating group) is 1. The van der Waals surface area contributed by atoms with Gasteiger partial charge in [-0.05, 0) is 25.7 Å². The number of nitrogens with zero attached hydrogens (tertiary/aromatic N) is 1. The second-order valence-corrected chi connectivity index (χ2v) is 8.99. The molecule has 3 aliphatic rings. The van der Waals surface area contributed by atoms with E-state index >= 15 is 0 Å². The Morgan fingerprint density at radius 1 is 1.23 bits per heavy atom. The van der Waals surface area contributed by atoms with Crippen molar-refractivity contribution in [3.8, 4) is 0 Å². The fourth-order valence-corrected chi connectivity index (χ4v) is 6.04. The number of carboxylic acids is 1. The Morgan fingerprint density at radius 3 is 2.65 bits per heavy atom. The predicted molar refractivity (Wildman–Crippen MR) is 100 cm³/mol. The zero-order valence-corrected chi connectivity index (χ0v) is 16.1. The highest BCUT2D eigenvalue weighted by Gasteiger charge is 2.45. The second kappa shape index (κ2) is 8.06. The first-order valence-corrected chi connectivity index (χ1v) is 10.7. The number of aliphatic carboxylic acids is 1. The lowest BCUT2D eigenvalue weighted by molar-refractivity contribution is -0.160. The van der Waals surface area contributed by atoms with Crippen LogP contribution in [0.1, 0.15) is 57.8 Å². The smallest absolute Gasteiger partial charge is 0.329 e. The molecule has 0 aromatic heterocycles. The molecule has 3 rings (SSSR count). The molecule has 0 aromatic rings. The third kappa shape index (κ3) is 3.80. The van der Waals surface area contributed by atoms with E-state index in [4.69, 9.17) is 0 Å². The lowest BCUT2D eigenvalue weighted by Crippen LogP contribution is -2.56. The third-order valence-corrected chi connectivity index (χ3v) is 7.67. The van der Waals surface area contributed by atoms with E-state index in [-0.39, 0.29) is 24.0 Å². The van der Waals surface area contributed by atoms with Crippen molar-refractivity contribution in [3.05, 3.63) is 0 Å². The largest absolute Gasteiger partial charge is 0.479 e. The first kappa shape index (κ1) is 19.3. The van der Waals surface area contributed by atoms with Crippen molar-refractivity contribution in [3.63, 3.8) is 0 Å². The fourth-order valence-electron chi connectivity index (χ4n) is 4.50. The van der Waals surface area contributed by atoms with Gasteiger partial charge < -0.3 is 20.6 Å². The van der Waals surface area contributed by atoms with E-state index < -0.39 is 11.5 Å². The summed E-state index contributed by atoms with van der Waals surface area (Å²) in [6.45, 7) is 0. The average molecular weight is 384 g/mol. The summed E-state index contributed by atoms with van der Waals surface area (Å²) >= 11 is 1.88. The van der Waals surface area contributed by atoms with Crippen LogP contribution < -0.4 is 10.6 Å². The zero-order valence-electron chi connectivity index (χ0n) is 15.3. The van der Waals surface area contributed by atoms with Gasteiger partial charge >= 0.3 is 12.0 Å². The third-order valence-electron chi connectivity index (χ3n) is 6.16. The molecular weight excluding hydrogens is 354 g/mol. The van der Waals surface area contributed by atoms with Crippen molar-refractivity contribution in [2.24, 2.45) is 0 Å². The maximum Gasteiger partial charge on any atom is 0.329 e. The minimum absolute atomic E-state index is 0.0675. The highest BCUT2D eigenvalue weighted by atomic mass is 32.2. The van der Waals surface area contributed by atoms with Crippen molar-refractivity contribution < 1.29 is 19.5 Å². The van der Waals surface area contributed by atoms with Gasteiger partial charge in [-0.3, -0.25) is 4.79 Å². The van der Waals surface area contributed by atoms with Crippen molar-refractivity contribution in [1.82, 2.24) is 15.5 Å². The lowest BCUT2D eigenvalue weighted by Gasteiger charge is -2.41. The zero-order chi connectivity index (χ0) is 18.7. The van der Waals surface area contributed by atoms with E-state index in [1.54, 1.807) is 7.05 Å². The number of amides is 3. The van der Waals surface area contributed by atoms with E-state index in [0.29, 0.717) is 24.5 Å². The van der Waals surface area contributed by atoms with Crippen LogP contribution in [-0.4, -0.2) is 63.6 Å². The van der Waals surface area contributed by atoms with Crippen LogP contribution in [0.25, 0.3) is 0 Å². The van der Waals surface area contributed by atoms with Gasteiger partial charge in [0.2, 0.25) is 5.91 Å². The summed E-state index contributed by atoms with van der Waals surface area (Å²) in [5.41, 5.74) is -1.01. The van der Waals surface area contributed by atoms with E-state index in [1.807, 2.05) is 11.8 Å². The van der Waals surface area contributed by atoms with Crippen LogP contribution in [0.3, 0.4) is 0 Å². The van der Waals surface area contributed by atoms with Crippen LogP contribution in [0.5, 0.6) is 0 Å². The Kier molecular flexibility index (Phi) is 5.99. The van der Waals surface area contributed by atoms with Gasteiger partial charge in [0.15, 0.2) is 0 Å². The number of fused-ring (bicyclic) bond motifs is 1. The number of hydrogen-bond donors (Lipinski definition) is 3. The number of urea groups is 1. The molecule has 3 N–H and O–H groups in total. The van der Waals surface area contributed by atoms with Gasteiger partial charge in [0.1, 0.15) is 5.54 Å². The van der Waals surface area contributed by atoms with Gasteiger partial charge in [0.25, 0.3) is 0 Å². The van der Waals surface area contributed by atoms with E-state index in [2.05, 4.69) is 10.6 Å². The highest BCUT2D eigenvalue weighted by molar-refractivity contribution is 8.00. The Labute approximate surface area is 158 Å². The van der Waals surface area contributed by atoms with E-state index in [0.717, 1.165) is 44.3 Å². The predicted octanol–water partition coefficient (Wildman–Crippen LogP) is 1.96. The number of unbranched alkanes of at least 4 members (excludes halogenated alkanes) is 1. The summed E-state index contributed by atoms with van der Waals surface area (Å²) in [4.78, 5) is 37.3. The molecule has 2 heterocycles. The molecular formula is C18H29N3O4S. The van der Waals surface area contributed by atoms with E-state index in [1.165, 1.54) is 4.90 Å². The van der Waals surface area contributed by atoms with Gasteiger partial charge in [-0.15, -0.1) is 0 Å². The molecule has 7 nitrogen and oxygen atoms in total. The first-order valence-electron chi connectivity index (χ1n) is 9.63. The number of carbonyl (C=O) groups is 3. The normalized spacial score (nSPS) is 29.6. The number of nitrogens with one attached hydrogen (secondary N) is 2. The summed E-state index contributed by atoms with van der Waals surface area (Å²) in [5.74, 6) is 0.00431. The van der Waals surface area contributed by atoms with Crippen LogP contribution in [0.2, 0.25) is 0 Å². The Bertz CT molecular complexity index is 565. The van der Waals surface area contributed by atoms with Crippen LogP contribution in [0, 0.1) is 0 Å². The van der Waals surface area contributed by atoms with Gasteiger partial charge in [-0.2, -0.15) is 11.8 Å². The summed E-state index contributed by atoms with van der Waals surface area (Å²) < 4.78 is 0. The molecule has 0 aromatic carbocycles. The van der Waals surface area contributed by atoms with Crippen molar-refractivity contribution in [2.75, 3.05) is 12.8 Å². The molecule has 2 aliphatic heterocycles. The number of thioether (sulfide) groups is 1. The molecule has 3 fully saturated rings. The molecule has 0 radical (unpaired) electrons. The highest BCUT2D eigenvalue weighted by Crippen LogP contribution is 2.35. The average Bonchev–Trinajstić information content (AvgIpc) is 3.17. The number of rotatable bonds is 7. The van der Waals surface area contributed by atoms with Crippen molar-refractivity contribution in [1.29, 1.82) is 0 Å². The number of carbonyl (C=O) groups excluding carboxylic acids is 2. The Balaban J connectivity index is 1.43. The number of hydrogen-bond acceptors (Lipinski definition) is 4. The minimum Gasteiger partial charge on any atom is -0.479 e. The Morgan fingerprint density at radius 2 is 1.96 bits per heavy atom. The molecule has 1 aliphatic carbocycles. The van der Waals surface area contributed by atoms with Crippen LogP contribution in [0.4, 0.5) is 4.79 Å². The molecule has 8 heteroatoms. The van der Waals surface area contributed by atoms with Gasteiger partial charge in [0.05, 0.1) is 12.1 Å². The minimum atomic E-state index is -1.01. The van der Waals surface area contributed by atoms with Gasteiger partial charge in [-0.1, -0.05) is 25.7 Å². The van der Waals surface area contributed by atoms with Crippen LogP contribution >= 0.6 is 11.8 Å². The fraction of sp³-hybridized carbons (Fsp3) is 0.833. The standard InChI is InChI=1S/C18H29N3O4S/c1-21(18(16(23)24)9-5-2-6-10-18)14(22)8-4-3-7-13-15-12(11-26-13)19-17(25)20-15/h12-13,15H,2-11H2,1H3,(H,23,24)(H2,19,20,25)/t12-,13-,15-/m0/s1. The van der Waals surface area contributed by atoms with Crippen LogP contribution in [-0.2, 0) is 9.59 Å². The molecule has 0 spiro atoms. The summed E-state index contributed by atoms with van der Waals surface area (Å²) in [6.07, 6.45) is 6.92. The maximum atomic E-state index is 12.6. The molecule has 0 bridgehead atoms.